The van der Waals surface area contributed by atoms with Crippen molar-refractivity contribution in [2.75, 3.05) is 25.3 Å². The number of carboxylic acid groups (broad SMARTS) is 1. The molecule has 0 rings (SSSR count). The summed E-state index contributed by atoms with van der Waals surface area (Å²) in [5.41, 5.74) is 5.36. The third-order valence-electron chi connectivity index (χ3n) is 5.10. The van der Waals surface area contributed by atoms with Gasteiger partial charge in [-0.05, 0) is 36.6 Å². The zero-order valence-corrected chi connectivity index (χ0v) is 22.4. The van der Waals surface area contributed by atoms with Gasteiger partial charge >= 0.3 is 5.97 Å². The Kier molecular flexibility index (Phi) is 14.0. The Morgan fingerprint density at radius 1 is 0.943 bits per heavy atom. The molecule has 200 valence electrons. The average Bonchev–Trinajstić information content (AvgIpc) is 2.72. The van der Waals surface area contributed by atoms with Gasteiger partial charge in [-0.2, -0.15) is 0 Å². The van der Waals surface area contributed by atoms with Crippen molar-refractivity contribution in [3.8, 4) is 0 Å². The van der Waals surface area contributed by atoms with Crippen LogP contribution < -0.4 is 21.7 Å². The van der Waals surface area contributed by atoms with Gasteiger partial charge in [0.05, 0.1) is 12.5 Å². The first-order valence-corrected chi connectivity index (χ1v) is 13.5. The van der Waals surface area contributed by atoms with Crippen molar-refractivity contribution < 1.29 is 33.9 Å². The zero-order valence-electron chi connectivity index (χ0n) is 21.5. The Bertz CT molecular complexity index is 790. The number of amides is 5. The Balaban J connectivity index is 5.30. The second-order valence-corrected chi connectivity index (χ2v) is 11.4. The summed E-state index contributed by atoms with van der Waals surface area (Å²) in [6.45, 7) is 6.40. The fourth-order valence-electron chi connectivity index (χ4n) is 3.19. The van der Waals surface area contributed by atoms with Crippen LogP contribution in [0.5, 0.6) is 0 Å². The van der Waals surface area contributed by atoms with E-state index in [9.17, 15) is 33.9 Å². The Hall–Kier alpha value is -2.83. The van der Waals surface area contributed by atoms with Crippen LogP contribution in [0.25, 0.3) is 0 Å². The van der Waals surface area contributed by atoms with Crippen molar-refractivity contribution in [2.24, 2.45) is 11.7 Å². The van der Waals surface area contributed by atoms with E-state index in [0.717, 1.165) is 0 Å². The van der Waals surface area contributed by atoms with Gasteiger partial charge in [-0.3, -0.25) is 24.0 Å². The molecule has 0 aliphatic rings. The van der Waals surface area contributed by atoms with Crippen LogP contribution in [0.15, 0.2) is 0 Å². The average molecular weight is 519 g/mol. The number of carbonyl (C=O) groups is 6. The molecule has 12 nitrogen and oxygen atoms in total. The topological polar surface area (TPSA) is 188 Å². The molecule has 0 aromatic rings. The number of rotatable bonds is 15. The Morgan fingerprint density at radius 3 is 1.94 bits per heavy atom. The quantitative estimate of drug-likeness (QED) is 0.164. The Morgan fingerprint density at radius 2 is 1.51 bits per heavy atom. The van der Waals surface area contributed by atoms with Crippen molar-refractivity contribution in [2.45, 2.75) is 71.1 Å². The van der Waals surface area contributed by atoms with Gasteiger partial charge < -0.3 is 31.7 Å². The predicted molar refractivity (Wildman–Crippen MR) is 133 cm³/mol. The number of carboxylic acids is 1. The van der Waals surface area contributed by atoms with E-state index in [1.165, 1.54) is 25.8 Å². The summed E-state index contributed by atoms with van der Waals surface area (Å²) in [5.74, 6) is -3.64. The normalized spacial score (nSPS) is 14.4. The molecule has 35 heavy (non-hydrogen) atoms. The highest BCUT2D eigenvalue weighted by Gasteiger charge is 2.34. The third kappa shape index (κ3) is 12.4. The lowest BCUT2D eigenvalue weighted by atomic mass is 10.0. The molecular formula is C22H40N5O7S+. The summed E-state index contributed by atoms with van der Waals surface area (Å²) < 4.78 is 0. The molecule has 0 aliphatic heterocycles. The molecular weight excluding hydrogens is 478 g/mol. The number of carbonyl (C=O) groups excluding carboxylic acids is 5. The molecule has 0 bridgehead atoms. The van der Waals surface area contributed by atoms with E-state index < -0.39 is 59.7 Å². The highest BCUT2D eigenvalue weighted by Crippen LogP contribution is 2.09. The van der Waals surface area contributed by atoms with Gasteiger partial charge in [0.25, 0.3) is 0 Å². The summed E-state index contributed by atoms with van der Waals surface area (Å²) in [4.78, 5) is 73.6. The van der Waals surface area contributed by atoms with Gasteiger partial charge in [-0.15, -0.1) is 0 Å². The van der Waals surface area contributed by atoms with Crippen LogP contribution in [0, 0.1) is 5.92 Å². The maximum Gasteiger partial charge on any atom is 0.326 e. The van der Waals surface area contributed by atoms with Gasteiger partial charge in [0.1, 0.15) is 23.9 Å². The number of primary amides is 1. The van der Waals surface area contributed by atoms with Crippen LogP contribution in [0.2, 0.25) is 0 Å². The number of likely N-dealkylation sites (N-methyl/N-ethyl adjacent to an activating group) is 1. The number of hydrogen-bond donors (Lipinski definition) is 5. The van der Waals surface area contributed by atoms with E-state index in [-0.39, 0.29) is 29.7 Å². The minimum Gasteiger partial charge on any atom is -0.480 e. The minimum atomic E-state index is -1.26. The molecule has 0 aromatic heterocycles. The molecule has 0 unspecified atom stereocenters. The second-order valence-electron chi connectivity index (χ2n) is 9.13. The standard InChI is InChI=1S/C22H39N5O7S/c1-12(2)10-16(19(23)30)26-20(31)13(3)24-21(32)17(11-35(6)7)27(5)18(29)9-8-15(22(33)34)25-14(4)28/h12-13,15-17H,8-11H2,1-7H3,(H5-,23,24,25,26,28,30,31,32,33,34)/p+1/t13-,15-,16+,17+/m1/s1. The van der Waals surface area contributed by atoms with Gasteiger partial charge in [-0.1, -0.05) is 13.8 Å². The number of hydrogen-bond acceptors (Lipinski definition) is 6. The van der Waals surface area contributed by atoms with Crippen molar-refractivity contribution in [3.05, 3.63) is 0 Å². The van der Waals surface area contributed by atoms with Crippen LogP contribution in [-0.2, 0) is 39.7 Å². The molecule has 4 atom stereocenters. The number of nitrogens with zero attached hydrogens (tertiary/aromatic N) is 1. The van der Waals surface area contributed by atoms with E-state index in [4.69, 9.17) is 5.73 Å². The van der Waals surface area contributed by atoms with Gasteiger partial charge in [0.15, 0.2) is 6.04 Å². The molecule has 0 saturated heterocycles. The largest absolute Gasteiger partial charge is 0.480 e. The van der Waals surface area contributed by atoms with Gasteiger partial charge in [-0.25, -0.2) is 4.79 Å². The summed E-state index contributed by atoms with van der Waals surface area (Å²) in [7, 11) is 1.19. The molecule has 13 heteroatoms. The number of nitrogens with one attached hydrogen (secondary N) is 3. The lowest BCUT2D eigenvalue weighted by Gasteiger charge is -2.28. The van der Waals surface area contributed by atoms with E-state index in [0.29, 0.717) is 12.2 Å². The summed E-state index contributed by atoms with van der Waals surface area (Å²) in [6.07, 6.45) is 3.81. The molecule has 0 fully saturated rings. The number of aliphatic carboxylic acids is 1. The first-order valence-electron chi connectivity index (χ1n) is 11.3. The zero-order chi connectivity index (χ0) is 27.5. The molecule has 0 aromatic carbocycles. The van der Waals surface area contributed by atoms with Crippen molar-refractivity contribution in [1.29, 1.82) is 0 Å². The molecule has 5 amide bonds. The van der Waals surface area contributed by atoms with E-state index in [1.54, 1.807) is 0 Å². The van der Waals surface area contributed by atoms with E-state index >= 15 is 0 Å². The highest BCUT2D eigenvalue weighted by molar-refractivity contribution is 7.95. The fourth-order valence-corrected chi connectivity index (χ4v) is 4.20. The molecule has 0 radical (unpaired) electrons. The van der Waals surface area contributed by atoms with E-state index in [2.05, 4.69) is 16.0 Å². The van der Waals surface area contributed by atoms with Crippen LogP contribution in [-0.4, -0.2) is 95.0 Å². The molecule has 0 spiro atoms. The molecule has 0 aliphatic carbocycles. The molecule has 0 heterocycles. The van der Waals surface area contributed by atoms with Gasteiger partial charge in [0.2, 0.25) is 29.5 Å². The van der Waals surface area contributed by atoms with Crippen LogP contribution in [0.1, 0.15) is 47.0 Å². The first kappa shape index (κ1) is 32.2. The van der Waals surface area contributed by atoms with E-state index in [1.807, 2.05) is 26.4 Å². The Labute approximate surface area is 209 Å². The van der Waals surface area contributed by atoms with Crippen LogP contribution >= 0.6 is 0 Å². The van der Waals surface area contributed by atoms with Gasteiger partial charge in [0, 0.05) is 20.4 Å². The second kappa shape index (κ2) is 15.2. The van der Waals surface area contributed by atoms with Crippen LogP contribution in [0.4, 0.5) is 0 Å². The maximum absolute atomic E-state index is 13.0. The lowest BCUT2D eigenvalue weighted by molar-refractivity contribution is -0.143. The van der Waals surface area contributed by atoms with Crippen LogP contribution in [0.3, 0.4) is 0 Å². The maximum atomic E-state index is 13.0. The fraction of sp³-hybridized carbons (Fsp3) is 0.727. The summed E-state index contributed by atoms with van der Waals surface area (Å²) in [5, 5.41) is 16.6. The summed E-state index contributed by atoms with van der Waals surface area (Å²) >= 11 is 0. The lowest BCUT2D eigenvalue weighted by Crippen LogP contribution is -2.57. The van der Waals surface area contributed by atoms with Crippen molar-refractivity contribution in [3.63, 3.8) is 0 Å². The van der Waals surface area contributed by atoms with Crippen molar-refractivity contribution >= 4 is 46.4 Å². The summed E-state index contributed by atoms with van der Waals surface area (Å²) in [6, 6.07) is -3.99. The molecule has 0 saturated carbocycles. The predicted octanol–water partition coefficient (Wildman–Crippen LogP) is -1.42. The molecule has 6 N–H and O–H groups in total. The SMILES string of the molecule is CC(=O)N[C@H](CCC(=O)N(C)[C@@H](C[S+](C)C)C(=O)N[C@H](C)C(=O)N[C@@H](CC(C)C)C(N)=O)C(=O)O. The highest BCUT2D eigenvalue weighted by atomic mass is 32.2. The third-order valence-corrected chi connectivity index (χ3v) is 6.08. The minimum absolute atomic E-state index is 0.111. The monoisotopic (exact) mass is 518 g/mol. The number of nitrogens with two attached hydrogens (primary N) is 1. The smallest absolute Gasteiger partial charge is 0.326 e. The first-order chi connectivity index (χ1) is 16.1. The van der Waals surface area contributed by atoms with Crippen molar-refractivity contribution in [1.82, 2.24) is 20.9 Å².